The van der Waals surface area contributed by atoms with Gasteiger partial charge in [-0.1, -0.05) is 12.1 Å². The molecule has 0 bridgehead atoms. The molecule has 0 radical (unpaired) electrons. The smallest absolute Gasteiger partial charge is 0.0790 e. The Kier molecular flexibility index (Phi) is 4.80. The van der Waals surface area contributed by atoms with E-state index in [1.54, 1.807) is 0 Å². The van der Waals surface area contributed by atoms with E-state index in [1.807, 2.05) is 113 Å². The van der Waals surface area contributed by atoms with Gasteiger partial charge in [-0.15, -0.1) is 113 Å². The summed E-state index contributed by atoms with van der Waals surface area (Å²) in [6.07, 6.45) is 0. The van der Waals surface area contributed by atoms with Crippen LogP contribution in [0.4, 0.5) is 0 Å². The number of fused-ring (bicyclic) bond motifs is 17. The molecule has 0 spiro atoms. The molecule has 12 heterocycles. The highest BCUT2D eigenvalue weighted by molar-refractivity contribution is 7.46. The molecule has 0 aliphatic heterocycles. The Hall–Kier alpha value is -2.10. The van der Waals surface area contributed by atoms with Crippen LogP contribution in [-0.4, -0.2) is 9.13 Å². The van der Waals surface area contributed by atoms with Crippen LogP contribution in [0.25, 0.3) is 107 Å². The maximum absolute atomic E-state index is 2.52. The van der Waals surface area contributed by atoms with Crippen LogP contribution in [0.15, 0.2) is 47.2 Å². The predicted molar refractivity (Wildman–Crippen MR) is 212 cm³/mol. The molecule has 0 aliphatic rings. The number of aryl methyl sites for hydroxylation is 2. The Labute approximate surface area is 288 Å². The molecule has 0 saturated heterocycles. The van der Waals surface area contributed by atoms with Gasteiger partial charge in [-0.3, -0.25) is 0 Å². The minimum absolute atomic E-state index is 1.38. The predicted octanol–water partition coefficient (Wildman–Crippen LogP) is 14.7. The van der Waals surface area contributed by atoms with Crippen molar-refractivity contribution >= 4 is 201 Å². The molecule has 0 saturated carbocycles. The molecule has 0 aromatic carbocycles. The molecule has 2 nitrogen and oxygen atoms in total. The fourth-order valence-electron chi connectivity index (χ4n) is 6.79. The standard InChI is InChI=1S/C32H14N2S10/c1-33-17-23-24(42-25(17)27-19(33)29-31(43-27)21-15(39-29)9-13(37-21)11-5-3-7-35-11)18-26(41-23)28-20(34(18)2)30-32(44-28)22-16(40-30)10-14(38-22)12-6-4-8-36-12/h3-10H,1-2H3. The summed E-state index contributed by atoms with van der Waals surface area (Å²) >= 11 is 19.6. The summed E-state index contributed by atoms with van der Waals surface area (Å²) < 4.78 is 25.5. The first kappa shape index (κ1) is 25.0. The first-order valence-electron chi connectivity index (χ1n) is 13.7. The molecule has 0 aliphatic carbocycles. The third-order valence-corrected chi connectivity index (χ3v) is 21.4. The van der Waals surface area contributed by atoms with Gasteiger partial charge in [-0.2, -0.15) is 0 Å². The molecule has 12 aromatic heterocycles. The summed E-state index contributed by atoms with van der Waals surface area (Å²) in [5.41, 5.74) is 5.72. The molecule has 12 rings (SSSR count). The van der Waals surface area contributed by atoms with Gasteiger partial charge >= 0.3 is 0 Å². The molecule has 0 amide bonds. The van der Waals surface area contributed by atoms with E-state index >= 15 is 0 Å². The van der Waals surface area contributed by atoms with E-state index in [0.717, 1.165) is 0 Å². The van der Waals surface area contributed by atoms with Crippen molar-refractivity contribution in [2.45, 2.75) is 0 Å². The second kappa shape index (κ2) is 8.43. The van der Waals surface area contributed by atoms with Crippen molar-refractivity contribution < 1.29 is 0 Å². The average Bonchev–Trinajstić information content (AvgIpc) is 3.83. The van der Waals surface area contributed by atoms with Crippen LogP contribution in [0.5, 0.6) is 0 Å². The Balaban J connectivity index is 1.10. The van der Waals surface area contributed by atoms with Crippen molar-refractivity contribution in [3.8, 4) is 19.5 Å². The topological polar surface area (TPSA) is 9.86 Å². The van der Waals surface area contributed by atoms with Crippen molar-refractivity contribution in [2.75, 3.05) is 0 Å². The van der Waals surface area contributed by atoms with Gasteiger partial charge in [-0.05, 0) is 35.0 Å². The fourth-order valence-corrected chi connectivity index (χ4v) is 20.3. The zero-order chi connectivity index (χ0) is 28.6. The lowest BCUT2D eigenvalue weighted by atomic mass is 10.4. The monoisotopic (exact) mass is 746 g/mol. The highest BCUT2D eigenvalue weighted by Crippen LogP contribution is 2.58. The fraction of sp³-hybridized carbons (Fsp3) is 0.0625. The quantitative estimate of drug-likeness (QED) is 0.167. The summed E-state index contributed by atoms with van der Waals surface area (Å²) in [5, 5.41) is 4.36. The third kappa shape index (κ3) is 2.92. The zero-order valence-corrected chi connectivity index (χ0v) is 30.8. The van der Waals surface area contributed by atoms with Crippen LogP contribution in [0.2, 0.25) is 0 Å². The lowest BCUT2D eigenvalue weighted by Crippen LogP contribution is -1.85. The van der Waals surface area contributed by atoms with Crippen LogP contribution in [0, 0.1) is 0 Å². The number of rotatable bonds is 2. The van der Waals surface area contributed by atoms with Crippen molar-refractivity contribution in [2.24, 2.45) is 14.1 Å². The maximum atomic E-state index is 2.52. The van der Waals surface area contributed by atoms with Crippen LogP contribution in [-0.2, 0) is 14.1 Å². The first-order valence-corrected chi connectivity index (χ1v) is 22.0. The van der Waals surface area contributed by atoms with E-state index in [9.17, 15) is 0 Å². The molecule has 12 heteroatoms. The summed E-state index contributed by atoms with van der Waals surface area (Å²) in [7, 11) is 4.60. The molecule has 212 valence electrons. The molecule has 0 unspecified atom stereocenters. The average molecular weight is 747 g/mol. The van der Waals surface area contributed by atoms with Gasteiger partial charge in [0.15, 0.2) is 0 Å². The van der Waals surface area contributed by atoms with Crippen molar-refractivity contribution in [1.29, 1.82) is 0 Å². The summed E-state index contributed by atoms with van der Waals surface area (Å²) in [6.45, 7) is 0. The number of hydrogen-bond donors (Lipinski definition) is 0. The van der Waals surface area contributed by atoms with Gasteiger partial charge < -0.3 is 9.13 Å². The lowest BCUT2D eigenvalue weighted by molar-refractivity contribution is 1.02. The number of thiophene rings is 10. The van der Waals surface area contributed by atoms with Gasteiger partial charge in [0.1, 0.15) is 0 Å². The Bertz CT molecular complexity index is 2910. The van der Waals surface area contributed by atoms with E-state index in [-0.39, 0.29) is 0 Å². The third-order valence-electron chi connectivity index (χ3n) is 8.67. The van der Waals surface area contributed by atoms with Crippen LogP contribution in [0.3, 0.4) is 0 Å². The Morgan fingerprint density at radius 2 is 0.750 bits per heavy atom. The normalized spacial score (nSPS) is 13.2. The second-order valence-corrected chi connectivity index (χ2v) is 21.2. The second-order valence-electron chi connectivity index (χ2n) is 11.0. The highest BCUT2D eigenvalue weighted by Gasteiger charge is 2.28. The first-order chi connectivity index (χ1) is 21.6. The van der Waals surface area contributed by atoms with Gasteiger partial charge in [0.05, 0.1) is 78.5 Å². The van der Waals surface area contributed by atoms with Crippen LogP contribution < -0.4 is 0 Å². The molecule has 0 fully saturated rings. The molecule has 44 heavy (non-hydrogen) atoms. The van der Waals surface area contributed by atoms with Crippen LogP contribution >= 0.6 is 113 Å². The lowest BCUT2D eigenvalue weighted by Gasteiger charge is -1.96. The zero-order valence-electron chi connectivity index (χ0n) is 22.6. The molecular formula is C32H14N2S10. The molecule has 0 atom stereocenters. The van der Waals surface area contributed by atoms with Crippen molar-refractivity contribution in [3.05, 3.63) is 47.2 Å². The van der Waals surface area contributed by atoms with E-state index in [0.29, 0.717) is 0 Å². The number of aromatic nitrogens is 2. The van der Waals surface area contributed by atoms with Gasteiger partial charge in [0.2, 0.25) is 0 Å². The van der Waals surface area contributed by atoms with E-state index in [4.69, 9.17) is 0 Å². The maximum Gasteiger partial charge on any atom is 0.0790 e. The van der Waals surface area contributed by atoms with Gasteiger partial charge in [0, 0.05) is 43.0 Å². The Morgan fingerprint density at radius 1 is 0.386 bits per heavy atom. The van der Waals surface area contributed by atoms with Gasteiger partial charge in [-0.25, -0.2) is 0 Å². The van der Waals surface area contributed by atoms with Crippen LogP contribution in [0.1, 0.15) is 0 Å². The number of nitrogens with zero attached hydrogens (tertiary/aromatic N) is 2. The summed E-state index contributed by atoms with van der Waals surface area (Å²) in [6, 6.07) is 13.6. The van der Waals surface area contributed by atoms with E-state index in [2.05, 4.69) is 70.4 Å². The van der Waals surface area contributed by atoms with E-state index in [1.165, 1.54) is 107 Å². The molecule has 12 aromatic rings. The van der Waals surface area contributed by atoms with Crippen molar-refractivity contribution in [1.82, 2.24) is 9.13 Å². The van der Waals surface area contributed by atoms with E-state index < -0.39 is 0 Å². The summed E-state index contributed by atoms with van der Waals surface area (Å²) in [5.74, 6) is 0. The highest BCUT2D eigenvalue weighted by atomic mass is 32.1. The SMILES string of the molecule is Cn1c2c3sc4cc(-c5cccs5)sc4c3sc2c2sc3c(sc4c5sc6c7sc(-c8cccs8)cc7sc6c5n(C)c43)c21. The molecule has 0 N–H and O–H groups in total. The van der Waals surface area contributed by atoms with Crippen molar-refractivity contribution in [3.63, 3.8) is 0 Å². The number of hydrogen-bond acceptors (Lipinski definition) is 10. The summed E-state index contributed by atoms with van der Waals surface area (Å²) in [4.78, 5) is 5.55. The molecular weight excluding hydrogens is 733 g/mol. The van der Waals surface area contributed by atoms with Gasteiger partial charge in [0.25, 0.3) is 0 Å². The largest absolute Gasteiger partial charge is 0.340 e. The Morgan fingerprint density at radius 3 is 1.11 bits per heavy atom. The minimum atomic E-state index is 1.38. The minimum Gasteiger partial charge on any atom is -0.340 e.